The van der Waals surface area contributed by atoms with Crippen LogP contribution in [0.4, 0.5) is 0 Å². The van der Waals surface area contributed by atoms with E-state index in [1.807, 2.05) is 25.4 Å². The fourth-order valence-corrected chi connectivity index (χ4v) is 4.18. The van der Waals surface area contributed by atoms with Gasteiger partial charge in [0.2, 0.25) is 0 Å². The first-order valence-electron chi connectivity index (χ1n) is 10.4. The molecular formula is C23H34N6. The van der Waals surface area contributed by atoms with Crippen LogP contribution in [0.2, 0.25) is 0 Å². The van der Waals surface area contributed by atoms with Crippen LogP contribution in [0.3, 0.4) is 0 Å². The molecule has 2 atom stereocenters. The summed E-state index contributed by atoms with van der Waals surface area (Å²) in [7, 11) is 6.21. The maximum Gasteiger partial charge on any atom is 0.138 e. The second-order valence-electron chi connectivity index (χ2n) is 7.87. The van der Waals surface area contributed by atoms with Gasteiger partial charge in [0.1, 0.15) is 11.6 Å². The molecule has 0 amide bonds. The van der Waals surface area contributed by atoms with Gasteiger partial charge in [0.05, 0.1) is 23.5 Å². The summed E-state index contributed by atoms with van der Waals surface area (Å²) >= 11 is 0. The van der Waals surface area contributed by atoms with E-state index in [0.29, 0.717) is 6.04 Å². The molecular weight excluding hydrogens is 360 g/mol. The Bertz CT molecular complexity index is 855. The summed E-state index contributed by atoms with van der Waals surface area (Å²) < 4.78 is 2.06. The Labute approximate surface area is 175 Å². The molecule has 156 valence electrons. The van der Waals surface area contributed by atoms with Crippen LogP contribution in [0.25, 0.3) is 11.9 Å². The maximum atomic E-state index is 4.92. The van der Waals surface area contributed by atoms with E-state index in [4.69, 9.17) is 4.98 Å². The number of nitrogens with one attached hydrogen (secondary N) is 1. The molecule has 2 aromatic rings. The Morgan fingerprint density at radius 1 is 1.38 bits per heavy atom. The molecule has 29 heavy (non-hydrogen) atoms. The topological polar surface area (TPSA) is 49.2 Å². The van der Waals surface area contributed by atoms with E-state index < -0.39 is 0 Å². The van der Waals surface area contributed by atoms with Crippen LogP contribution >= 0.6 is 0 Å². The largest absolute Gasteiger partial charge is 0.360 e. The Morgan fingerprint density at radius 2 is 2.14 bits per heavy atom. The lowest BCUT2D eigenvalue weighted by Crippen LogP contribution is -2.34. The van der Waals surface area contributed by atoms with Crippen LogP contribution in [-0.4, -0.2) is 58.6 Å². The highest BCUT2D eigenvalue weighted by Gasteiger charge is 2.33. The normalized spacial score (nSPS) is 19.9. The molecule has 2 unspecified atom stereocenters. The van der Waals surface area contributed by atoms with Crippen LogP contribution in [0, 0.1) is 6.92 Å². The summed E-state index contributed by atoms with van der Waals surface area (Å²) in [5, 5.41) is 3.18. The molecule has 0 saturated carbocycles. The van der Waals surface area contributed by atoms with E-state index in [2.05, 4.69) is 71.1 Å². The predicted octanol–water partition coefficient (Wildman–Crippen LogP) is 3.71. The number of aromatic nitrogens is 3. The number of rotatable bonds is 8. The summed E-state index contributed by atoms with van der Waals surface area (Å²) in [6.45, 7) is 12.2. The molecule has 0 aliphatic carbocycles. The molecule has 0 spiro atoms. The number of pyridine rings is 1. The van der Waals surface area contributed by atoms with Crippen molar-refractivity contribution >= 4 is 11.9 Å². The van der Waals surface area contributed by atoms with Crippen LogP contribution < -0.4 is 5.32 Å². The monoisotopic (exact) mass is 394 g/mol. The first-order valence-corrected chi connectivity index (χ1v) is 10.4. The standard InChI is InChI=1S/C23H34N6/c1-7-22-26-19(16-29(22)18(3)27(5)15-14-24-4)20-11-8-12-21(28(20)6)23-17(2)10-9-13-25-23/h7,9-10,13,16,20-21,24H,1,3,8,11-12,14-15H2,2,4-6H3. The number of likely N-dealkylation sites (N-methyl/N-ethyl adjacent to an activating group) is 2. The predicted molar refractivity (Wildman–Crippen MR) is 120 cm³/mol. The highest BCUT2D eigenvalue weighted by Crippen LogP contribution is 2.40. The number of hydrogen-bond acceptors (Lipinski definition) is 5. The van der Waals surface area contributed by atoms with Gasteiger partial charge in [0.15, 0.2) is 0 Å². The Balaban J connectivity index is 1.86. The molecule has 1 saturated heterocycles. The van der Waals surface area contributed by atoms with Crippen molar-refractivity contribution in [1.82, 2.24) is 29.7 Å². The van der Waals surface area contributed by atoms with E-state index in [-0.39, 0.29) is 6.04 Å². The minimum Gasteiger partial charge on any atom is -0.360 e. The second kappa shape index (κ2) is 9.37. The van der Waals surface area contributed by atoms with E-state index in [0.717, 1.165) is 49.7 Å². The molecule has 1 N–H and O–H groups in total. The fourth-order valence-electron chi connectivity index (χ4n) is 4.18. The summed E-state index contributed by atoms with van der Waals surface area (Å²) in [5.74, 6) is 1.75. The van der Waals surface area contributed by atoms with Crippen molar-refractivity contribution in [2.24, 2.45) is 0 Å². The third-order valence-corrected chi connectivity index (χ3v) is 6.00. The van der Waals surface area contributed by atoms with Gasteiger partial charge in [-0.2, -0.15) is 0 Å². The van der Waals surface area contributed by atoms with Crippen molar-refractivity contribution < 1.29 is 0 Å². The number of imidazole rings is 1. The van der Waals surface area contributed by atoms with Gasteiger partial charge in [-0.3, -0.25) is 14.5 Å². The molecule has 0 aromatic carbocycles. The minimum absolute atomic E-state index is 0.255. The first kappa shape index (κ1) is 21.3. The lowest BCUT2D eigenvalue weighted by Gasteiger charge is -2.39. The van der Waals surface area contributed by atoms with Crippen LogP contribution in [0.5, 0.6) is 0 Å². The van der Waals surface area contributed by atoms with Crippen molar-refractivity contribution in [3.05, 3.63) is 60.5 Å². The molecule has 2 aromatic heterocycles. The third kappa shape index (κ3) is 4.43. The molecule has 3 heterocycles. The Kier molecular flexibility index (Phi) is 6.87. The smallest absolute Gasteiger partial charge is 0.138 e. The Morgan fingerprint density at radius 3 is 2.83 bits per heavy atom. The summed E-state index contributed by atoms with van der Waals surface area (Å²) in [4.78, 5) is 14.2. The lowest BCUT2D eigenvalue weighted by atomic mass is 9.91. The first-order chi connectivity index (χ1) is 14.0. The highest BCUT2D eigenvalue weighted by molar-refractivity contribution is 5.50. The minimum atomic E-state index is 0.255. The summed E-state index contributed by atoms with van der Waals surface area (Å²) in [5.41, 5.74) is 3.50. The van der Waals surface area contributed by atoms with Gasteiger partial charge in [-0.1, -0.05) is 19.2 Å². The zero-order valence-corrected chi connectivity index (χ0v) is 18.2. The van der Waals surface area contributed by atoms with Crippen LogP contribution in [-0.2, 0) is 0 Å². The van der Waals surface area contributed by atoms with Gasteiger partial charge in [-0.05, 0) is 58.0 Å². The van der Waals surface area contributed by atoms with E-state index >= 15 is 0 Å². The number of piperidine rings is 1. The zero-order chi connectivity index (χ0) is 21.0. The maximum absolute atomic E-state index is 4.92. The lowest BCUT2D eigenvalue weighted by molar-refractivity contribution is 0.109. The van der Waals surface area contributed by atoms with Crippen molar-refractivity contribution in [2.75, 3.05) is 34.2 Å². The molecule has 6 heteroatoms. The molecule has 1 aliphatic heterocycles. The van der Waals surface area contributed by atoms with E-state index in [9.17, 15) is 0 Å². The molecule has 1 fully saturated rings. The zero-order valence-electron chi connectivity index (χ0n) is 18.2. The number of nitrogens with zero attached hydrogens (tertiary/aromatic N) is 5. The fraction of sp³-hybridized carbons (Fsp3) is 0.478. The average molecular weight is 395 g/mol. The van der Waals surface area contributed by atoms with Crippen molar-refractivity contribution in [3.63, 3.8) is 0 Å². The molecule has 0 bridgehead atoms. The second-order valence-corrected chi connectivity index (χ2v) is 7.87. The summed E-state index contributed by atoms with van der Waals surface area (Å²) in [6, 6.07) is 4.72. The van der Waals surface area contributed by atoms with Gasteiger partial charge in [0.25, 0.3) is 0 Å². The number of likely N-dealkylation sites (tertiary alicyclic amines) is 1. The van der Waals surface area contributed by atoms with E-state index in [1.54, 1.807) is 0 Å². The SMILES string of the molecule is C=Cc1nc(C2CCCC(c3ncccc3C)N2C)cn1C(=C)N(C)CCNC. The van der Waals surface area contributed by atoms with Gasteiger partial charge in [0, 0.05) is 32.5 Å². The van der Waals surface area contributed by atoms with E-state index in [1.165, 1.54) is 11.3 Å². The quantitative estimate of drug-likeness (QED) is 0.740. The molecule has 6 nitrogen and oxygen atoms in total. The Hall–Kier alpha value is -2.44. The van der Waals surface area contributed by atoms with Gasteiger partial charge >= 0.3 is 0 Å². The molecule has 0 radical (unpaired) electrons. The third-order valence-electron chi connectivity index (χ3n) is 6.00. The summed E-state index contributed by atoms with van der Waals surface area (Å²) in [6.07, 6.45) is 9.21. The van der Waals surface area contributed by atoms with Gasteiger partial charge in [-0.15, -0.1) is 0 Å². The van der Waals surface area contributed by atoms with Crippen molar-refractivity contribution in [2.45, 2.75) is 38.3 Å². The number of hydrogen-bond donors (Lipinski definition) is 1. The molecule has 3 rings (SSSR count). The molecule has 1 aliphatic rings. The van der Waals surface area contributed by atoms with Gasteiger partial charge < -0.3 is 10.2 Å². The number of aryl methyl sites for hydroxylation is 1. The highest BCUT2D eigenvalue weighted by atomic mass is 15.3. The van der Waals surface area contributed by atoms with Crippen LogP contribution in [0.1, 0.15) is 54.1 Å². The van der Waals surface area contributed by atoms with Crippen LogP contribution in [0.15, 0.2) is 37.7 Å². The average Bonchev–Trinajstić information content (AvgIpc) is 3.16. The van der Waals surface area contributed by atoms with Crippen molar-refractivity contribution in [1.29, 1.82) is 0 Å². The van der Waals surface area contributed by atoms with Gasteiger partial charge in [-0.25, -0.2) is 4.98 Å². The van der Waals surface area contributed by atoms with Crippen molar-refractivity contribution in [3.8, 4) is 0 Å².